The van der Waals surface area contributed by atoms with Gasteiger partial charge in [0.1, 0.15) is 23.1 Å². The van der Waals surface area contributed by atoms with Crippen molar-refractivity contribution >= 4 is 34.2 Å². The second kappa shape index (κ2) is 5.39. The first-order valence-corrected chi connectivity index (χ1v) is 6.28. The van der Waals surface area contributed by atoms with Gasteiger partial charge in [0.2, 0.25) is 0 Å². The maximum Gasteiger partial charge on any atom is 0.146 e. The van der Waals surface area contributed by atoms with E-state index in [1.54, 1.807) is 18.2 Å². The summed E-state index contributed by atoms with van der Waals surface area (Å²) in [6, 6.07) is 14.8. The van der Waals surface area contributed by atoms with E-state index < -0.39 is 0 Å². The zero-order valence-corrected chi connectivity index (χ0v) is 11.6. The van der Waals surface area contributed by atoms with Crippen LogP contribution in [0.25, 0.3) is 0 Å². The van der Waals surface area contributed by atoms with Gasteiger partial charge in [-0.15, -0.1) is 0 Å². The van der Waals surface area contributed by atoms with Crippen molar-refractivity contribution in [3.8, 4) is 17.6 Å². The van der Waals surface area contributed by atoms with Crippen LogP contribution in [0.1, 0.15) is 5.56 Å². The Hall–Kier alpha value is -1.25. The van der Waals surface area contributed by atoms with E-state index in [9.17, 15) is 0 Å². The molecular weight excluding hydrogens is 349 g/mol. The average Bonchev–Trinajstić information content (AvgIpc) is 2.29. The SMILES string of the molecule is N#Cc1c(Cl)cccc1Oc1cccc(I)c1. The molecule has 2 rings (SSSR count). The summed E-state index contributed by atoms with van der Waals surface area (Å²) in [7, 11) is 0. The molecule has 0 fully saturated rings. The van der Waals surface area contributed by atoms with Crippen LogP contribution in [0.15, 0.2) is 42.5 Å². The molecule has 0 aromatic heterocycles. The lowest BCUT2D eigenvalue weighted by Gasteiger charge is -2.08. The zero-order valence-electron chi connectivity index (χ0n) is 8.65. The summed E-state index contributed by atoms with van der Waals surface area (Å²) in [5, 5.41) is 9.41. The Morgan fingerprint density at radius 3 is 2.65 bits per heavy atom. The summed E-state index contributed by atoms with van der Waals surface area (Å²) in [6.07, 6.45) is 0. The summed E-state index contributed by atoms with van der Waals surface area (Å²) >= 11 is 8.12. The summed E-state index contributed by atoms with van der Waals surface area (Å²) in [4.78, 5) is 0. The van der Waals surface area contributed by atoms with E-state index in [1.807, 2.05) is 30.3 Å². The fraction of sp³-hybridized carbons (Fsp3) is 0. The van der Waals surface area contributed by atoms with Crippen LogP contribution < -0.4 is 4.74 Å². The second-order valence-corrected chi connectivity index (χ2v) is 4.94. The molecular formula is C13H7ClINO. The third-order valence-corrected chi connectivity index (χ3v) is 3.10. The second-order valence-electron chi connectivity index (χ2n) is 3.28. The van der Waals surface area contributed by atoms with E-state index in [-0.39, 0.29) is 0 Å². The van der Waals surface area contributed by atoms with Gasteiger partial charge in [0.25, 0.3) is 0 Å². The first kappa shape index (κ1) is 12.2. The zero-order chi connectivity index (χ0) is 12.3. The molecule has 0 unspecified atom stereocenters. The van der Waals surface area contributed by atoms with Crippen molar-refractivity contribution < 1.29 is 4.74 Å². The van der Waals surface area contributed by atoms with Crippen molar-refractivity contribution in [3.05, 3.63) is 56.6 Å². The molecule has 0 saturated heterocycles. The van der Waals surface area contributed by atoms with Crippen molar-refractivity contribution in [1.82, 2.24) is 0 Å². The van der Waals surface area contributed by atoms with Gasteiger partial charge < -0.3 is 4.74 Å². The molecule has 2 nitrogen and oxygen atoms in total. The molecule has 0 N–H and O–H groups in total. The topological polar surface area (TPSA) is 33.0 Å². The van der Waals surface area contributed by atoms with Crippen molar-refractivity contribution in [2.45, 2.75) is 0 Å². The van der Waals surface area contributed by atoms with Crippen molar-refractivity contribution in [2.24, 2.45) is 0 Å². The molecule has 0 amide bonds. The molecule has 17 heavy (non-hydrogen) atoms. The first-order valence-electron chi connectivity index (χ1n) is 4.83. The molecule has 0 aliphatic carbocycles. The minimum absolute atomic E-state index is 0.355. The number of rotatable bonds is 2. The molecule has 0 heterocycles. The third-order valence-electron chi connectivity index (χ3n) is 2.11. The predicted octanol–water partition coefficient (Wildman–Crippen LogP) is 4.61. The van der Waals surface area contributed by atoms with Gasteiger partial charge in [0.15, 0.2) is 0 Å². The largest absolute Gasteiger partial charge is 0.456 e. The summed E-state index contributed by atoms with van der Waals surface area (Å²) in [5.41, 5.74) is 0.355. The molecule has 2 aromatic carbocycles. The van der Waals surface area contributed by atoms with Crippen LogP contribution in [0.3, 0.4) is 0 Å². The lowest BCUT2D eigenvalue weighted by atomic mass is 10.2. The molecule has 0 saturated carbocycles. The number of halogens is 2. The Morgan fingerprint density at radius 2 is 1.94 bits per heavy atom. The van der Waals surface area contributed by atoms with Crippen molar-refractivity contribution in [2.75, 3.05) is 0 Å². The number of benzene rings is 2. The van der Waals surface area contributed by atoms with Gasteiger partial charge in [-0.25, -0.2) is 0 Å². The maximum atomic E-state index is 9.02. The molecule has 0 aliphatic heterocycles. The van der Waals surface area contributed by atoms with Gasteiger partial charge in [-0.2, -0.15) is 5.26 Å². The van der Waals surface area contributed by atoms with Gasteiger partial charge in [-0.1, -0.05) is 23.7 Å². The van der Waals surface area contributed by atoms with E-state index in [2.05, 4.69) is 22.6 Å². The van der Waals surface area contributed by atoms with Crippen LogP contribution in [-0.4, -0.2) is 0 Å². The summed E-state index contributed by atoms with van der Waals surface area (Å²) < 4.78 is 6.72. The highest BCUT2D eigenvalue weighted by atomic mass is 127. The van der Waals surface area contributed by atoms with E-state index in [4.69, 9.17) is 21.6 Å². The van der Waals surface area contributed by atoms with Crippen LogP contribution in [0, 0.1) is 14.9 Å². The minimum atomic E-state index is 0.355. The highest BCUT2D eigenvalue weighted by molar-refractivity contribution is 14.1. The lowest BCUT2D eigenvalue weighted by Crippen LogP contribution is -1.89. The number of nitriles is 1. The molecule has 84 valence electrons. The molecule has 2 aromatic rings. The Morgan fingerprint density at radius 1 is 1.18 bits per heavy atom. The lowest BCUT2D eigenvalue weighted by molar-refractivity contribution is 0.481. The number of hydrogen-bond acceptors (Lipinski definition) is 2. The number of hydrogen-bond donors (Lipinski definition) is 0. The summed E-state index contributed by atoms with van der Waals surface area (Å²) in [6.45, 7) is 0. The van der Waals surface area contributed by atoms with Crippen LogP contribution in [0.5, 0.6) is 11.5 Å². The van der Waals surface area contributed by atoms with Crippen LogP contribution in [0.4, 0.5) is 0 Å². The van der Waals surface area contributed by atoms with E-state index >= 15 is 0 Å². The van der Waals surface area contributed by atoms with Crippen LogP contribution >= 0.6 is 34.2 Å². The Kier molecular flexibility index (Phi) is 3.87. The quantitative estimate of drug-likeness (QED) is 0.737. The predicted molar refractivity (Wildman–Crippen MR) is 75.4 cm³/mol. The monoisotopic (exact) mass is 355 g/mol. The molecule has 0 bridgehead atoms. The van der Waals surface area contributed by atoms with Gasteiger partial charge in [-0.3, -0.25) is 0 Å². The Labute approximate surface area is 118 Å². The smallest absolute Gasteiger partial charge is 0.146 e. The number of nitrogens with zero attached hydrogens (tertiary/aromatic N) is 1. The van der Waals surface area contributed by atoms with E-state index in [0.717, 1.165) is 3.57 Å². The van der Waals surface area contributed by atoms with Gasteiger partial charge in [-0.05, 0) is 52.9 Å². The Balaban J connectivity index is 2.37. The van der Waals surface area contributed by atoms with Crippen LogP contribution in [-0.2, 0) is 0 Å². The molecule has 4 heteroatoms. The highest BCUT2D eigenvalue weighted by Crippen LogP contribution is 2.30. The molecule has 0 spiro atoms. The van der Waals surface area contributed by atoms with Gasteiger partial charge >= 0.3 is 0 Å². The molecule has 0 radical (unpaired) electrons. The maximum absolute atomic E-state index is 9.02. The van der Waals surface area contributed by atoms with Crippen molar-refractivity contribution in [1.29, 1.82) is 5.26 Å². The standard InChI is InChI=1S/C13H7ClINO/c14-12-5-2-6-13(11(12)8-16)17-10-4-1-3-9(15)7-10/h1-7H. The first-order chi connectivity index (χ1) is 8.20. The fourth-order valence-corrected chi connectivity index (χ4v) is 2.08. The summed E-state index contributed by atoms with van der Waals surface area (Å²) in [5.74, 6) is 1.16. The average molecular weight is 356 g/mol. The fourth-order valence-electron chi connectivity index (χ4n) is 1.36. The van der Waals surface area contributed by atoms with Crippen LogP contribution in [0.2, 0.25) is 5.02 Å². The van der Waals surface area contributed by atoms with Gasteiger partial charge in [0, 0.05) is 3.57 Å². The highest BCUT2D eigenvalue weighted by Gasteiger charge is 2.08. The van der Waals surface area contributed by atoms with Gasteiger partial charge in [0.05, 0.1) is 5.02 Å². The minimum Gasteiger partial charge on any atom is -0.456 e. The van der Waals surface area contributed by atoms with E-state index in [0.29, 0.717) is 22.1 Å². The number of ether oxygens (including phenoxy) is 1. The van der Waals surface area contributed by atoms with Crippen molar-refractivity contribution in [3.63, 3.8) is 0 Å². The normalized spacial score (nSPS) is 9.71. The van der Waals surface area contributed by atoms with E-state index in [1.165, 1.54) is 0 Å². The molecule has 0 atom stereocenters. The third kappa shape index (κ3) is 2.90. The Bertz CT molecular complexity index is 592. The molecule has 0 aliphatic rings.